The summed E-state index contributed by atoms with van der Waals surface area (Å²) in [5, 5.41) is 14.4. The highest BCUT2D eigenvalue weighted by molar-refractivity contribution is 5.98. The van der Waals surface area contributed by atoms with Crippen molar-refractivity contribution in [3.05, 3.63) is 54.4 Å². The van der Waals surface area contributed by atoms with Crippen molar-refractivity contribution in [3.8, 4) is 17.2 Å². The standard InChI is InChI=1S/C19H18N4O3/c1-11(18-22-23-19(26-18)13-6-4-3-5-7-13)20-14-8-9-16-15(10-14)21-17(24)12(2)25-16/h3-12,20H,1-2H3,(H,21,24)/t11-,12-/m1/s1. The first-order valence-electron chi connectivity index (χ1n) is 8.37. The van der Waals surface area contributed by atoms with Crippen LogP contribution in [0.15, 0.2) is 52.9 Å². The molecule has 4 rings (SSSR count). The van der Waals surface area contributed by atoms with Crippen LogP contribution < -0.4 is 15.4 Å². The number of rotatable bonds is 4. The molecular formula is C19H18N4O3. The Morgan fingerprint density at radius 1 is 1.15 bits per heavy atom. The summed E-state index contributed by atoms with van der Waals surface area (Å²) < 4.78 is 11.3. The van der Waals surface area contributed by atoms with Gasteiger partial charge in [0.05, 0.1) is 5.69 Å². The predicted molar refractivity (Wildman–Crippen MR) is 96.9 cm³/mol. The lowest BCUT2D eigenvalue weighted by Gasteiger charge is -2.24. The second-order valence-electron chi connectivity index (χ2n) is 6.14. The van der Waals surface area contributed by atoms with Crippen molar-refractivity contribution in [2.45, 2.75) is 26.0 Å². The van der Waals surface area contributed by atoms with Gasteiger partial charge in [-0.15, -0.1) is 10.2 Å². The lowest BCUT2D eigenvalue weighted by Crippen LogP contribution is -2.34. The minimum absolute atomic E-state index is 0.160. The van der Waals surface area contributed by atoms with Crippen LogP contribution in [0.3, 0.4) is 0 Å². The van der Waals surface area contributed by atoms with Gasteiger partial charge in [-0.2, -0.15) is 0 Å². The quantitative estimate of drug-likeness (QED) is 0.747. The summed E-state index contributed by atoms with van der Waals surface area (Å²) in [4.78, 5) is 11.8. The molecule has 26 heavy (non-hydrogen) atoms. The summed E-state index contributed by atoms with van der Waals surface area (Å²) in [6, 6.07) is 14.9. The topological polar surface area (TPSA) is 89.3 Å². The molecule has 0 spiro atoms. The lowest BCUT2D eigenvalue weighted by molar-refractivity contribution is -0.122. The monoisotopic (exact) mass is 350 g/mol. The maximum atomic E-state index is 11.8. The van der Waals surface area contributed by atoms with Crippen molar-refractivity contribution in [2.75, 3.05) is 10.6 Å². The molecule has 0 unspecified atom stereocenters. The van der Waals surface area contributed by atoms with Gasteiger partial charge in [-0.05, 0) is 44.2 Å². The van der Waals surface area contributed by atoms with Gasteiger partial charge in [0.2, 0.25) is 11.8 Å². The third-order valence-corrected chi connectivity index (χ3v) is 4.13. The smallest absolute Gasteiger partial charge is 0.265 e. The zero-order chi connectivity index (χ0) is 18.1. The Labute approximate surface area is 150 Å². The van der Waals surface area contributed by atoms with Crippen LogP contribution in [0.2, 0.25) is 0 Å². The molecule has 0 aliphatic carbocycles. The van der Waals surface area contributed by atoms with Gasteiger partial charge in [-0.25, -0.2) is 0 Å². The molecular weight excluding hydrogens is 332 g/mol. The van der Waals surface area contributed by atoms with Crippen molar-refractivity contribution in [3.63, 3.8) is 0 Å². The first-order chi connectivity index (χ1) is 12.6. The van der Waals surface area contributed by atoms with E-state index in [1.54, 1.807) is 6.92 Å². The van der Waals surface area contributed by atoms with Crippen LogP contribution in [0.25, 0.3) is 11.5 Å². The molecule has 1 aliphatic heterocycles. The Hall–Kier alpha value is -3.35. The molecule has 2 heterocycles. The molecule has 7 nitrogen and oxygen atoms in total. The number of hydrogen-bond donors (Lipinski definition) is 2. The molecule has 2 aromatic carbocycles. The number of benzene rings is 2. The van der Waals surface area contributed by atoms with E-state index in [0.29, 0.717) is 23.2 Å². The van der Waals surface area contributed by atoms with Crippen LogP contribution >= 0.6 is 0 Å². The van der Waals surface area contributed by atoms with E-state index in [4.69, 9.17) is 9.15 Å². The Morgan fingerprint density at radius 2 is 1.96 bits per heavy atom. The summed E-state index contributed by atoms with van der Waals surface area (Å²) in [5.41, 5.74) is 2.33. The molecule has 0 fully saturated rings. The number of carbonyl (C=O) groups excluding carboxylic acids is 1. The number of anilines is 2. The van der Waals surface area contributed by atoms with Gasteiger partial charge in [-0.1, -0.05) is 18.2 Å². The number of amides is 1. The van der Waals surface area contributed by atoms with Crippen LogP contribution in [-0.2, 0) is 4.79 Å². The van der Waals surface area contributed by atoms with Crippen LogP contribution in [0.4, 0.5) is 11.4 Å². The Morgan fingerprint density at radius 3 is 2.77 bits per heavy atom. The van der Waals surface area contributed by atoms with Crippen molar-refractivity contribution < 1.29 is 13.9 Å². The molecule has 2 atom stereocenters. The van der Waals surface area contributed by atoms with E-state index in [1.165, 1.54) is 0 Å². The van der Waals surface area contributed by atoms with Gasteiger partial charge in [0.1, 0.15) is 11.8 Å². The van der Waals surface area contributed by atoms with Gasteiger partial charge in [0, 0.05) is 11.3 Å². The van der Waals surface area contributed by atoms with Gasteiger partial charge in [-0.3, -0.25) is 4.79 Å². The third kappa shape index (κ3) is 3.11. The second-order valence-corrected chi connectivity index (χ2v) is 6.14. The number of aromatic nitrogens is 2. The van der Waals surface area contributed by atoms with Crippen LogP contribution in [0.1, 0.15) is 25.8 Å². The SMILES string of the molecule is C[C@H]1Oc2ccc(N[C@H](C)c3nnc(-c4ccccc4)o3)cc2NC1=O. The number of hydrogen-bond acceptors (Lipinski definition) is 6. The number of nitrogens with one attached hydrogen (secondary N) is 2. The third-order valence-electron chi connectivity index (χ3n) is 4.13. The fourth-order valence-corrected chi connectivity index (χ4v) is 2.72. The first kappa shape index (κ1) is 16.1. The largest absolute Gasteiger partial charge is 0.479 e. The summed E-state index contributed by atoms with van der Waals surface area (Å²) in [5.74, 6) is 1.45. The molecule has 0 saturated carbocycles. The molecule has 1 aliphatic rings. The highest BCUT2D eigenvalue weighted by atomic mass is 16.5. The van der Waals surface area contributed by atoms with Gasteiger partial charge in [0.15, 0.2) is 6.10 Å². The second kappa shape index (κ2) is 6.51. The fraction of sp³-hybridized carbons (Fsp3) is 0.211. The lowest BCUT2D eigenvalue weighted by atomic mass is 10.2. The normalized spacial score (nSPS) is 17.0. The number of carbonyl (C=O) groups is 1. The first-order valence-corrected chi connectivity index (χ1v) is 8.37. The minimum Gasteiger partial charge on any atom is -0.479 e. The summed E-state index contributed by atoms with van der Waals surface area (Å²) in [7, 11) is 0. The highest BCUT2D eigenvalue weighted by Crippen LogP contribution is 2.33. The van der Waals surface area contributed by atoms with Crippen molar-refractivity contribution >= 4 is 17.3 Å². The van der Waals surface area contributed by atoms with E-state index in [2.05, 4.69) is 20.8 Å². The van der Waals surface area contributed by atoms with Crippen LogP contribution in [0.5, 0.6) is 5.75 Å². The Bertz CT molecular complexity index is 939. The van der Waals surface area contributed by atoms with E-state index >= 15 is 0 Å². The molecule has 1 aromatic heterocycles. The van der Waals surface area contributed by atoms with E-state index < -0.39 is 6.10 Å². The van der Waals surface area contributed by atoms with E-state index in [1.807, 2.05) is 55.5 Å². The van der Waals surface area contributed by atoms with Gasteiger partial charge < -0.3 is 19.8 Å². The zero-order valence-corrected chi connectivity index (χ0v) is 14.4. The molecule has 0 radical (unpaired) electrons. The molecule has 0 saturated heterocycles. The predicted octanol–water partition coefficient (Wildman–Crippen LogP) is 3.63. The van der Waals surface area contributed by atoms with Crippen molar-refractivity contribution in [1.29, 1.82) is 0 Å². The molecule has 3 aromatic rings. The van der Waals surface area contributed by atoms with Crippen LogP contribution in [0, 0.1) is 0 Å². The van der Waals surface area contributed by atoms with E-state index in [-0.39, 0.29) is 11.9 Å². The summed E-state index contributed by atoms with van der Waals surface area (Å²) in [6.45, 7) is 3.64. The maximum absolute atomic E-state index is 11.8. The zero-order valence-electron chi connectivity index (χ0n) is 14.4. The van der Waals surface area contributed by atoms with Gasteiger partial charge in [0.25, 0.3) is 5.91 Å². The number of ether oxygens (including phenoxy) is 1. The minimum atomic E-state index is -0.491. The number of fused-ring (bicyclic) bond motifs is 1. The fourth-order valence-electron chi connectivity index (χ4n) is 2.72. The van der Waals surface area contributed by atoms with Gasteiger partial charge >= 0.3 is 0 Å². The summed E-state index contributed by atoms with van der Waals surface area (Å²) >= 11 is 0. The Kier molecular flexibility index (Phi) is 4.04. The van der Waals surface area contributed by atoms with Crippen molar-refractivity contribution in [2.24, 2.45) is 0 Å². The van der Waals surface area contributed by atoms with E-state index in [0.717, 1.165) is 11.3 Å². The molecule has 1 amide bonds. The Balaban J connectivity index is 1.50. The highest BCUT2D eigenvalue weighted by Gasteiger charge is 2.24. The average Bonchev–Trinajstić information content (AvgIpc) is 3.14. The maximum Gasteiger partial charge on any atom is 0.265 e. The summed E-state index contributed by atoms with van der Waals surface area (Å²) in [6.07, 6.45) is -0.491. The molecule has 2 N–H and O–H groups in total. The van der Waals surface area contributed by atoms with Crippen molar-refractivity contribution in [1.82, 2.24) is 10.2 Å². The molecule has 7 heteroatoms. The molecule has 0 bridgehead atoms. The van der Waals surface area contributed by atoms with E-state index in [9.17, 15) is 4.79 Å². The molecule has 132 valence electrons. The average molecular weight is 350 g/mol. The van der Waals surface area contributed by atoms with Crippen LogP contribution in [-0.4, -0.2) is 22.2 Å². The number of nitrogens with zero attached hydrogens (tertiary/aromatic N) is 2.